The molecule has 0 atom stereocenters. The second kappa shape index (κ2) is 6.01. The van der Waals surface area contributed by atoms with Gasteiger partial charge in [0.15, 0.2) is 0 Å². The standard InChI is InChI=1S/C14H12FIN2O/c15-13-5-4-9(14(17)19)6-10(13)8-18-12-3-1-2-11(16)7-12/h1-7,18H,8H2,(H2,17,19). The maximum Gasteiger partial charge on any atom is 0.248 e. The summed E-state index contributed by atoms with van der Waals surface area (Å²) in [6, 6.07) is 11.9. The molecule has 0 aliphatic heterocycles. The molecule has 0 aliphatic carbocycles. The van der Waals surface area contributed by atoms with Gasteiger partial charge in [0.25, 0.3) is 0 Å². The van der Waals surface area contributed by atoms with Crippen LogP contribution < -0.4 is 11.1 Å². The smallest absolute Gasteiger partial charge is 0.248 e. The van der Waals surface area contributed by atoms with E-state index in [9.17, 15) is 9.18 Å². The molecule has 2 aromatic rings. The summed E-state index contributed by atoms with van der Waals surface area (Å²) in [6.07, 6.45) is 0. The highest BCUT2D eigenvalue weighted by Crippen LogP contribution is 2.16. The molecule has 1 amide bonds. The highest BCUT2D eigenvalue weighted by atomic mass is 127. The van der Waals surface area contributed by atoms with Crippen molar-refractivity contribution in [2.24, 2.45) is 5.73 Å². The molecule has 3 N–H and O–H groups in total. The molecule has 3 nitrogen and oxygen atoms in total. The van der Waals surface area contributed by atoms with Gasteiger partial charge in [-0.15, -0.1) is 0 Å². The van der Waals surface area contributed by atoms with Gasteiger partial charge < -0.3 is 11.1 Å². The molecule has 19 heavy (non-hydrogen) atoms. The predicted octanol–water partition coefficient (Wildman–Crippen LogP) is 3.14. The van der Waals surface area contributed by atoms with E-state index in [1.165, 1.54) is 18.2 Å². The first kappa shape index (κ1) is 13.8. The quantitative estimate of drug-likeness (QED) is 0.813. The van der Waals surface area contributed by atoms with Crippen LogP contribution in [0.5, 0.6) is 0 Å². The summed E-state index contributed by atoms with van der Waals surface area (Å²) >= 11 is 2.21. The van der Waals surface area contributed by atoms with Crippen molar-refractivity contribution >= 4 is 34.2 Å². The van der Waals surface area contributed by atoms with Crippen molar-refractivity contribution in [2.45, 2.75) is 6.54 Å². The second-order valence-electron chi connectivity index (χ2n) is 4.03. The number of carbonyl (C=O) groups excluding carboxylic acids is 1. The molecule has 2 aromatic carbocycles. The van der Waals surface area contributed by atoms with E-state index in [2.05, 4.69) is 27.9 Å². The van der Waals surface area contributed by atoms with Gasteiger partial charge in [-0.2, -0.15) is 0 Å². The Morgan fingerprint density at radius 3 is 2.74 bits per heavy atom. The maximum atomic E-state index is 13.6. The SMILES string of the molecule is NC(=O)c1ccc(F)c(CNc2cccc(I)c2)c1. The Bertz CT molecular complexity index is 616. The molecule has 0 spiro atoms. The van der Waals surface area contributed by atoms with Crippen LogP contribution in [-0.4, -0.2) is 5.91 Å². The minimum absolute atomic E-state index is 0.299. The largest absolute Gasteiger partial charge is 0.381 e. The van der Waals surface area contributed by atoms with Gasteiger partial charge in [-0.25, -0.2) is 4.39 Å². The van der Waals surface area contributed by atoms with Crippen LogP contribution in [0.3, 0.4) is 0 Å². The van der Waals surface area contributed by atoms with Gasteiger partial charge in [-0.05, 0) is 59.0 Å². The predicted molar refractivity (Wildman–Crippen MR) is 81.4 cm³/mol. The van der Waals surface area contributed by atoms with Gasteiger partial charge in [0, 0.05) is 26.9 Å². The number of nitrogens with one attached hydrogen (secondary N) is 1. The summed E-state index contributed by atoms with van der Waals surface area (Å²) in [5, 5.41) is 3.11. The van der Waals surface area contributed by atoms with Crippen LogP contribution in [0.4, 0.5) is 10.1 Å². The lowest BCUT2D eigenvalue weighted by atomic mass is 10.1. The maximum absolute atomic E-state index is 13.6. The molecule has 0 radical (unpaired) electrons. The topological polar surface area (TPSA) is 55.1 Å². The van der Waals surface area contributed by atoms with Crippen LogP contribution in [0.2, 0.25) is 0 Å². The van der Waals surface area contributed by atoms with Gasteiger partial charge in [-0.3, -0.25) is 4.79 Å². The zero-order valence-corrected chi connectivity index (χ0v) is 12.1. The van der Waals surface area contributed by atoms with E-state index in [1.54, 1.807) is 0 Å². The third-order valence-corrected chi connectivity index (χ3v) is 3.31. The second-order valence-corrected chi connectivity index (χ2v) is 5.28. The van der Waals surface area contributed by atoms with Crippen LogP contribution in [0.25, 0.3) is 0 Å². The molecule has 5 heteroatoms. The Labute approximate surface area is 124 Å². The van der Waals surface area contributed by atoms with Crippen molar-refractivity contribution in [2.75, 3.05) is 5.32 Å². The Kier molecular flexibility index (Phi) is 4.36. The van der Waals surface area contributed by atoms with Gasteiger partial charge >= 0.3 is 0 Å². The number of primary amides is 1. The van der Waals surface area contributed by atoms with Crippen molar-refractivity contribution in [3.05, 3.63) is 63.0 Å². The van der Waals surface area contributed by atoms with E-state index < -0.39 is 5.91 Å². The molecule has 0 aromatic heterocycles. The molecular weight excluding hydrogens is 358 g/mol. The highest BCUT2D eigenvalue weighted by molar-refractivity contribution is 14.1. The minimum Gasteiger partial charge on any atom is -0.381 e. The van der Waals surface area contributed by atoms with Gasteiger partial charge in [0.05, 0.1) is 0 Å². The first-order valence-corrected chi connectivity index (χ1v) is 6.72. The molecular formula is C14H12FIN2O. The van der Waals surface area contributed by atoms with Crippen molar-refractivity contribution < 1.29 is 9.18 Å². The van der Waals surface area contributed by atoms with Crippen molar-refractivity contribution in [1.82, 2.24) is 0 Å². The molecule has 2 rings (SSSR count). The monoisotopic (exact) mass is 370 g/mol. The zero-order chi connectivity index (χ0) is 13.8. The number of anilines is 1. The number of rotatable bonds is 4. The summed E-state index contributed by atoms with van der Waals surface area (Å²) in [4.78, 5) is 11.1. The molecule has 0 bridgehead atoms. The number of carbonyl (C=O) groups is 1. The highest BCUT2D eigenvalue weighted by Gasteiger charge is 2.07. The van der Waals surface area contributed by atoms with Gasteiger partial charge in [0.1, 0.15) is 5.82 Å². The number of amides is 1. The molecule has 0 heterocycles. The lowest BCUT2D eigenvalue weighted by molar-refractivity contribution is 0.1000. The number of halogens is 2. The lowest BCUT2D eigenvalue weighted by Crippen LogP contribution is -2.12. The average molecular weight is 370 g/mol. The summed E-state index contributed by atoms with van der Waals surface area (Å²) in [6.45, 7) is 0.299. The lowest BCUT2D eigenvalue weighted by Gasteiger charge is -2.09. The zero-order valence-electron chi connectivity index (χ0n) is 9.99. The Morgan fingerprint density at radius 2 is 2.05 bits per heavy atom. The molecule has 0 unspecified atom stereocenters. The number of hydrogen-bond acceptors (Lipinski definition) is 2. The normalized spacial score (nSPS) is 10.2. The van der Waals surface area contributed by atoms with Crippen LogP contribution in [0.1, 0.15) is 15.9 Å². The Hall–Kier alpha value is -1.63. The Balaban J connectivity index is 2.15. The van der Waals surface area contributed by atoms with E-state index >= 15 is 0 Å². The number of nitrogens with two attached hydrogens (primary N) is 1. The molecule has 0 fully saturated rings. The summed E-state index contributed by atoms with van der Waals surface area (Å²) in [7, 11) is 0. The fourth-order valence-electron chi connectivity index (χ4n) is 1.66. The van der Waals surface area contributed by atoms with E-state index in [4.69, 9.17) is 5.73 Å². The third-order valence-electron chi connectivity index (χ3n) is 2.64. The number of hydrogen-bond donors (Lipinski definition) is 2. The van der Waals surface area contributed by atoms with Crippen molar-refractivity contribution in [1.29, 1.82) is 0 Å². The molecule has 98 valence electrons. The fourth-order valence-corrected chi connectivity index (χ4v) is 2.20. The summed E-state index contributed by atoms with van der Waals surface area (Å²) < 4.78 is 14.7. The average Bonchev–Trinajstić information content (AvgIpc) is 2.37. The van der Waals surface area contributed by atoms with Crippen LogP contribution in [0, 0.1) is 9.39 Å². The Morgan fingerprint density at radius 1 is 1.26 bits per heavy atom. The molecule has 0 saturated heterocycles. The summed E-state index contributed by atoms with van der Waals surface area (Å²) in [5.74, 6) is -0.918. The van der Waals surface area contributed by atoms with Crippen molar-refractivity contribution in [3.63, 3.8) is 0 Å². The third kappa shape index (κ3) is 3.66. The first-order chi connectivity index (χ1) is 9.06. The van der Waals surface area contributed by atoms with Crippen molar-refractivity contribution in [3.8, 4) is 0 Å². The summed E-state index contributed by atoms with van der Waals surface area (Å²) in [5.41, 5.74) is 6.79. The van der Waals surface area contributed by atoms with Gasteiger partial charge in [0.2, 0.25) is 5.91 Å². The number of benzene rings is 2. The first-order valence-electron chi connectivity index (χ1n) is 5.64. The van der Waals surface area contributed by atoms with E-state index in [0.29, 0.717) is 17.7 Å². The van der Waals surface area contributed by atoms with Gasteiger partial charge in [-0.1, -0.05) is 6.07 Å². The fraction of sp³-hybridized carbons (Fsp3) is 0.0714. The van der Waals surface area contributed by atoms with E-state index in [0.717, 1.165) is 9.26 Å². The minimum atomic E-state index is -0.560. The van der Waals surface area contributed by atoms with Crippen LogP contribution in [0.15, 0.2) is 42.5 Å². The van der Waals surface area contributed by atoms with E-state index in [1.807, 2.05) is 24.3 Å². The molecule has 0 aliphatic rings. The van der Waals surface area contributed by atoms with Crippen LogP contribution >= 0.6 is 22.6 Å². The van der Waals surface area contributed by atoms with Crippen LogP contribution in [-0.2, 0) is 6.54 Å². The van der Waals surface area contributed by atoms with E-state index in [-0.39, 0.29) is 5.82 Å². The molecule has 0 saturated carbocycles.